The van der Waals surface area contributed by atoms with E-state index in [-0.39, 0.29) is 34.8 Å². The van der Waals surface area contributed by atoms with Crippen LogP contribution in [0.5, 0.6) is 5.75 Å². The van der Waals surface area contributed by atoms with Crippen molar-refractivity contribution in [3.8, 4) is 5.75 Å². The van der Waals surface area contributed by atoms with Crippen molar-refractivity contribution in [2.24, 2.45) is 0 Å². The zero-order valence-electron chi connectivity index (χ0n) is 15.8. The summed E-state index contributed by atoms with van der Waals surface area (Å²) >= 11 is 0. The molecule has 4 atom stereocenters. The fraction of sp³-hybridized carbons (Fsp3) is 0.389. The predicted octanol–water partition coefficient (Wildman–Crippen LogP) is 0.949. The second-order valence-electron chi connectivity index (χ2n) is 6.78. The molecule has 0 bridgehead atoms. The van der Waals surface area contributed by atoms with E-state index in [1.165, 1.54) is 35.4 Å². The van der Waals surface area contributed by atoms with Gasteiger partial charge in [0.25, 0.3) is 0 Å². The molecule has 166 valence electrons. The van der Waals surface area contributed by atoms with Gasteiger partial charge in [0.05, 0.1) is 12.9 Å². The van der Waals surface area contributed by atoms with Gasteiger partial charge >= 0.3 is 6.36 Å². The Morgan fingerprint density at radius 1 is 1.13 bits per heavy atom. The van der Waals surface area contributed by atoms with Crippen LogP contribution in [0.3, 0.4) is 0 Å². The number of para-hydroxylation sites is 1. The molecule has 2 aromatic heterocycles. The van der Waals surface area contributed by atoms with Crippen LogP contribution in [-0.4, -0.2) is 66.1 Å². The molecule has 4 rings (SSSR count). The highest BCUT2D eigenvalue weighted by Crippen LogP contribution is 2.32. The molecule has 1 unspecified atom stereocenters. The minimum Gasteiger partial charge on any atom is -0.405 e. The second-order valence-corrected chi connectivity index (χ2v) is 6.78. The molecule has 1 fully saturated rings. The van der Waals surface area contributed by atoms with E-state index in [0.717, 1.165) is 0 Å². The monoisotopic (exact) mass is 441 g/mol. The van der Waals surface area contributed by atoms with Crippen LogP contribution in [0, 0.1) is 0 Å². The summed E-state index contributed by atoms with van der Waals surface area (Å²) in [6.07, 6.45) is -6.92. The molecule has 4 N–H and O–H groups in total. The third-order valence-electron chi connectivity index (χ3n) is 4.79. The van der Waals surface area contributed by atoms with E-state index in [0.29, 0.717) is 0 Å². The van der Waals surface area contributed by atoms with Crippen molar-refractivity contribution < 1.29 is 38.0 Å². The predicted molar refractivity (Wildman–Crippen MR) is 98.8 cm³/mol. The number of nitrogens with one attached hydrogen (secondary N) is 1. The molecule has 0 aliphatic carbocycles. The van der Waals surface area contributed by atoms with Gasteiger partial charge in [-0.25, -0.2) is 15.0 Å². The molecule has 0 radical (unpaired) electrons. The minimum atomic E-state index is -4.82. The van der Waals surface area contributed by atoms with Crippen molar-refractivity contribution in [2.45, 2.75) is 37.4 Å². The lowest BCUT2D eigenvalue weighted by atomic mass is 10.1. The maximum absolute atomic E-state index is 12.6. The first-order valence-electron chi connectivity index (χ1n) is 9.16. The first-order chi connectivity index (χ1) is 14.8. The molecular formula is C18H18F3N5O5. The Morgan fingerprint density at radius 3 is 2.61 bits per heavy atom. The van der Waals surface area contributed by atoms with Crippen molar-refractivity contribution in [2.75, 3.05) is 11.9 Å². The number of fused-ring (bicyclic) bond motifs is 1. The van der Waals surface area contributed by atoms with Gasteiger partial charge in [-0.15, -0.1) is 13.2 Å². The number of anilines is 1. The van der Waals surface area contributed by atoms with E-state index >= 15 is 0 Å². The van der Waals surface area contributed by atoms with Crippen LogP contribution in [0.25, 0.3) is 11.2 Å². The van der Waals surface area contributed by atoms with Crippen molar-refractivity contribution in [1.82, 2.24) is 19.5 Å². The quantitative estimate of drug-likeness (QED) is 0.441. The number of aliphatic hydroxyl groups is 3. The van der Waals surface area contributed by atoms with E-state index in [4.69, 9.17) is 4.74 Å². The molecule has 3 aromatic rings. The molecule has 13 heteroatoms. The van der Waals surface area contributed by atoms with Gasteiger partial charge in [0.15, 0.2) is 23.2 Å². The van der Waals surface area contributed by atoms with Gasteiger partial charge in [-0.3, -0.25) is 4.57 Å². The van der Waals surface area contributed by atoms with Crippen LogP contribution in [-0.2, 0) is 11.3 Å². The summed E-state index contributed by atoms with van der Waals surface area (Å²) in [6.45, 7) is -0.526. The van der Waals surface area contributed by atoms with E-state index in [9.17, 15) is 28.5 Å². The van der Waals surface area contributed by atoms with Gasteiger partial charge in [-0.05, 0) is 6.07 Å². The Hall–Kier alpha value is -3.00. The lowest BCUT2D eigenvalue weighted by molar-refractivity contribution is -0.274. The summed E-state index contributed by atoms with van der Waals surface area (Å²) < 4.78 is 48.8. The maximum Gasteiger partial charge on any atom is 0.573 e. The molecule has 1 aromatic carbocycles. The highest BCUT2D eigenvalue weighted by atomic mass is 19.4. The number of nitrogens with zero attached hydrogens (tertiary/aromatic N) is 4. The number of benzene rings is 1. The Kier molecular flexibility index (Phi) is 5.66. The standard InChI is InChI=1S/C18H18F3N5O5/c19-18(20,21)31-10-4-2-1-3-9(10)5-22-15-12-16(24-7-23-15)26(8-25-12)17-14(29)13(28)11(6-27)30-17/h1-4,7-8,11,13-14,17,27-29H,5-6H2,(H,22,23,24)/t11-,13-,14+,17?/m1/s1. The van der Waals surface area contributed by atoms with Crippen LogP contribution in [0.1, 0.15) is 11.8 Å². The molecule has 1 saturated heterocycles. The molecule has 3 heterocycles. The number of rotatable bonds is 6. The average molecular weight is 441 g/mol. The fourth-order valence-corrected chi connectivity index (χ4v) is 3.33. The average Bonchev–Trinajstić information content (AvgIpc) is 3.28. The summed E-state index contributed by atoms with van der Waals surface area (Å²) in [6, 6.07) is 5.68. The van der Waals surface area contributed by atoms with Crippen LogP contribution < -0.4 is 10.1 Å². The number of alkyl halides is 3. The largest absolute Gasteiger partial charge is 0.573 e. The lowest BCUT2D eigenvalue weighted by Crippen LogP contribution is -2.33. The van der Waals surface area contributed by atoms with Gasteiger partial charge in [0.2, 0.25) is 0 Å². The number of hydrogen-bond donors (Lipinski definition) is 4. The summed E-state index contributed by atoms with van der Waals surface area (Å²) in [5, 5.41) is 32.4. The van der Waals surface area contributed by atoms with Crippen LogP contribution in [0.15, 0.2) is 36.9 Å². The molecule has 1 aliphatic rings. The van der Waals surface area contributed by atoms with Crippen LogP contribution in [0.4, 0.5) is 19.0 Å². The van der Waals surface area contributed by atoms with E-state index in [1.54, 1.807) is 6.07 Å². The number of ether oxygens (including phenoxy) is 2. The summed E-state index contributed by atoms with van der Waals surface area (Å²) in [5.41, 5.74) is 0.774. The first kappa shape index (κ1) is 21.2. The van der Waals surface area contributed by atoms with Gasteiger partial charge in [0, 0.05) is 12.1 Å². The third-order valence-corrected chi connectivity index (χ3v) is 4.79. The second kappa shape index (κ2) is 8.26. The Balaban J connectivity index is 1.58. The highest BCUT2D eigenvalue weighted by Gasteiger charge is 2.44. The fourth-order valence-electron chi connectivity index (χ4n) is 3.33. The number of aromatic nitrogens is 4. The molecular weight excluding hydrogens is 423 g/mol. The minimum absolute atomic E-state index is 0.0426. The molecule has 10 nitrogen and oxygen atoms in total. The van der Waals surface area contributed by atoms with E-state index < -0.39 is 37.5 Å². The van der Waals surface area contributed by atoms with Crippen molar-refractivity contribution in [1.29, 1.82) is 0 Å². The maximum atomic E-state index is 12.6. The Labute approximate surface area is 172 Å². The molecule has 1 aliphatic heterocycles. The summed E-state index contributed by atoms with van der Waals surface area (Å²) in [4.78, 5) is 12.4. The molecule has 31 heavy (non-hydrogen) atoms. The SMILES string of the molecule is OC[C@H]1OC(n2cnc3c(NCc4ccccc4OC(F)(F)F)ncnc32)[C@@H](O)[C@@H]1O. The van der Waals surface area contributed by atoms with Crippen molar-refractivity contribution in [3.63, 3.8) is 0 Å². The van der Waals surface area contributed by atoms with E-state index in [1.807, 2.05) is 0 Å². The summed E-state index contributed by atoms with van der Waals surface area (Å²) in [5.74, 6) is -0.109. The Morgan fingerprint density at radius 2 is 1.90 bits per heavy atom. The van der Waals surface area contributed by atoms with Gasteiger partial charge < -0.3 is 30.1 Å². The number of hydrogen-bond acceptors (Lipinski definition) is 9. The number of imidazole rings is 1. The molecule has 0 spiro atoms. The number of halogens is 3. The normalized spacial score (nSPS) is 23.9. The zero-order valence-corrected chi connectivity index (χ0v) is 15.8. The molecule has 0 saturated carbocycles. The third kappa shape index (κ3) is 4.25. The van der Waals surface area contributed by atoms with Gasteiger partial charge in [0.1, 0.15) is 30.4 Å². The van der Waals surface area contributed by atoms with Crippen LogP contribution >= 0.6 is 0 Å². The van der Waals surface area contributed by atoms with Gasteiger partial charge in [-0.2, -0.15) is 0 Å². The van der Waals surface area contributed by atoms with Gasteiger partial charge in [-0.1, -0.05) is 18.2 Å². The lowest BCUT2D eigenvalue weighted by Gasteiger charge is -2.16. The number of aliphatic hydroxyl groups excluding tert-OH is 3. The highest BCUT2D eigenvalue weighted by molar-refractivity contribution is 5.82. The van der Waals surface area contributed by atoms with Crippen LogP contribution in [0.2, 0.25) is 0 Å². The smallest absolute Gasteiger partial charge is 0.405 e. The topological polar surface area (TPSA) is 135 Å². The summed E-state index contributed by atoms with van der Waals surface area (Å²) in [7, 11) is 0. The molecule has 0 amide bonds. The Bertz CT molecular complexity index is 1060. The first-order valence-corrected chi connectivity index (χ1v) is 9.16. The van der Waals surface area contributed by atoms with E-state index in [2.05, 4.69) is 25.0 Å². The van der Waals surface area contributed by atoms with Crippen molar-refractivity contribution in [3.05, 3.63) is 42.5 Å². The van der Waals surface area contributed by atoms with Crippen molar-refractivity contribution >= 4 is 17.0 Å². The zero-order chi connectivity index (χ0) is 22.2.